The van der Waals surface area contributed by atoms with Gasteiger partial charge in [-0.1, -0.05) is 54.6 Å². The van der Waals surface area contributed by atoms with Crippen molar-refractivity contribution in [3.63, 3.8) is 0 Å². The van der Waals surface area contributed by atoms with Crippen molar-refractivity contribution >= 4 is 11.6 Å². The Balaban J connectivity index is 1.98. The molecule has 2 aromatic carbocycles. The van der Waals surface area contributed by atoms with Crippen LogP contribution in [0.4, 0.5) is 0 Å². The van der Waals surface area contributed by atoms with Gasteiger partial charge in [-0.3, -0.25) is 0 Å². The lowest BCUT2D eigenvalue weighted by Gasteiger charge is -2.09. The summed E-state index contributed by atoms with van der Waals surface area (Å²) >= 11 is 6.11. The van der Waals surface area contributed by atoms with E-state index in [0.29, 0.717) is 24.0 Å². The molecule has 0 N–H and O–H groups in total. The van der Waals surface area contributed by atoms with Crippen molar-refractivity contribution in [2.75, 3.05) is 6.61 Å². The summed E-state index contributed by atoms with van der Waals surface area (Å²) in [6.07, 6.45) is 1.68. The number of ether oxygens (including phenoxy) is 2. The van der Waals surface area contributed by atoms with Gasteiger partial charge >= 0.3 is 0 Å². The molecule has 2 aromatic rings. The molecule has 0 aliphatic rings. The normalized spacial score (nSPS) is 9.95. The van der Waals surface area contributed by atoms with Crippen LogP contribution >= 0.6 is 11.6 Å². The predicted molar refractivity (Wildman–Crippen MR) is 77.9 cm³/mol. The lowest BCUT2D eigenvalue weighted by atomic mass is 10.2. The van der Waals surface area contributed by atoms with Crippen LogP contribution in [0.1, 0.15) is 5.56 Å². The third-order valence-electron chi connectivity index (χ3n) is 2.51. The standard InChI is InChI=1S/C16H15ClO2/c1-2-10-18-16-9-8-14(11-15(16)17)19-12-13-6-4-3-5-7-13/h2-9,11H,1,10,12H2. The third-order valence-corrected chi connectivity index (χ3v) is 2.80. The van der Waals surface area contributed by atoms with Crippen LogP contribution in [-0.4, -0.2) is 6.61 Å². The molecule has 0 unspecified atom stereocenters. The fraction of sp³-hybridized carbons (Fsp3) is 0.125. The van der Waals surface area contributed by atoms with Gasteiger partial charge in [-0.25, -0.2) is 0 Å². The summed E-state index contributed by atoms with van der Waals surface area (Å²) in [5.41, 5.74) is 1.12. The monoisotopic (exact) mass is 274 g/mol. The van der Waals surface area contributed by atoms with Crippen molar-refractivity contribution in [3.8, 4) is 11.5 Å². The van der Waals surface area contributed by atoms with Crippen molar-refractivity contribution in [1.29, 1.82) is 0 Å². The highest BCUT2D eigenvalue weighted by molar-refractivity contribution is 6.32. The van der Waals surface area contributed by atoms with Gasteiger partial charge in [0.25, 0.3) is 0 Å². The molecule has 0 aliphatic heterocycles. The van der Waals surface area contributed by atoms with Gasteiger partial charge in [0.05, 0.1) is 5.02 Å². The number of benzene rings is 2. The van der Waals surface area contributed by atoms with Gasteiger partial charge in [-0.2, -0.15) is 0 Å². The molecule has 2 nitrogen and oxygen atoms in total. The number of halogens is 1. The molecule has 3 heteroatoms. The number of hydrogen-bond donors (Lipinski definition) is 0. The van der Waals surface area contributed by atoms with Gasteiger partial charge in [0.1, 0.15) is 24.7 Å². The molecular weight excluding hydrogens is 260 g/mol. The molecule has 0 aliphatic carbocycles. The molecule has 0 atom stereocenters. The van der Waals surface area contributed by atoms with Crippen LogP contribution in [-0.2, 0) is 6.61 Å². The minimum Gasteiger partial charge on any atom is -0.489 e. The fourth-order valence-electron chi connectivity index (χ4n) is 1.58. The summed E-state index contributed by atoms with van der Waals surface area (Å²) < 4.78 is 11.1. The Labute approximate surface area is 118 Å². The smallest absolute Gasteiger partial charge is 0.138 e. The van der Waals surface area contributed by atoms with Gasteiger partial charge in [-0.05, 0) is 17.7 Å². The van der Waals surface area contributed by atoms with Gasteiger partial charge in [0.2, 0.25) is 0 Å². The minimum absolute atomic E-state index is 0.434. The Morgan fingerprint density at radius 1 is 1.05 bits per heavy atom. The lowest BCUT2D eigenvalue weighted by Crippen LogP contribution is -1.96. The lowest BCUT2D eigenvalue weighted by molar-refractivity contribution is 0.305. The van der Waals surface area contributed by atoms with Crippen LogP contribution < -0.4 is 9.47 Å². The summed E-state index contributed by atoms with van der Waals surface area (Å²) in [5, 5.41) is 0.535. The fourth-order valence-corrected chi connectivity index (χ4v) is 1.80. The second-order valence-corrected chi connectivity index (χ2v) is 4.37. The summed E-state index contributed by atoms with van der Waals surface area (Å²) in [6.45, 7) is 4.55. The maximum Gasteiger partial charge on any atom is 0.138 e. The highest BCUT2D eigenvalue weighted by Gasteiger charge is 2.03. The summed E-state index contributed by atoms with van der Waals surface area (Å²) in [5.74, 6) is 1.36. The summed E-state index contributed by atoms with van der Waals surface area (Å²) in [6, 6.07) is 15.4. The van der Waals surface area contributed by atoms with E-state index in [1.807, 2.05) is 36.4 Å². The molecule has 0 spiro atoms. The van der Waals surface area contributed by atoms with Crippen molar-refractivity contribution in [3.05, 3.63) is 71.8 Å². The SMILES string of the molecule is C=CCOc1ccc(OCc2ccccc2)cc1Cl. The van der Waals surface area contributed by atoms with E-state index in [1.165, 1.54) is 0 Å². The van der Waals surface area contributed by atoms with E-state index in [1.54, 1.807) is 18.2 Å². The molecule has 0 amide bonds. The molecule has 2 rings (SSSR count). The molecule has 0 saturated carbocycles. The summed E-state index contributed by atoms with van der Waals surface area (Å²) in [4.78, 5) is 0. The zero-order chi connectivity index (χ0) is 13.5. The van der Waals surface area contributed by atoms with Crippen molar-refractivity contribution in [2.45, 2.75) is 6.61 Å². The Morgan fingerprint density at radius 2 is 1.84 bits per heavy atom. The number of hydrogen-bond acceptors (Lipinski definition) is 2. The van der Waals surface area contributed by atoms with Crippen LogP contribution in [0.25, 0.3) is 0 Å². The molecule has 98 valence electrons. The van der Waals surface area contributed by atoms with Crippen LogP contribution in [0.2, 0.25) is 5.02 Å². The van der Waals surface area contributed by atoms with Gasteiger partial charge in [0, 0.05) is 6.07 Å². The highest BCUT2D eigenvalue weighted by atomic mass is 35.5. The minimum atomic E-state index is 0.434. The van der Waals surface area contributed by atoms with Crippen LogP contribution in [0.15, 0.2) is 61.2 Å². The topological polar surface area (TPSA) is 18.5 Å². The Bertz CT molecular complexity index is 538. The average molecular weight is 275 g/mol. The first-order chi connectivity index (χ1) is 9.29. The second kappa shape index (κ2) is 6.86. The largest absolute Gasteiger partial charge is 0.489 e. The third kappa shape index (κ3) is 4.04. The Kier molecular flexibility index (Phi) is 4.87. The Morgan fingerprint density at radius 3 is 2.53 bits per heavy atom. The van der Waals surface area contributed by atoms with E-state index in [9.17, 15) is 0 Å². The molecule has 0 radical (unpaired) electrons. The maximum absolute atomic E-state index is 6.11. The van der Waals surface area contributed by atoms with E-state index < -0.39 is 0 Å². The van der Waals surface area contributed by atoms with E-state index in [4.69, 9.17) is 21.1 Å². The average Bonchev–Trinajstić information content (AvgIpc) is 2.45. The van der Waals surface area contributed by atoms with E-state index in [2.05, 4.69) is 6.58 Å². The van der Waals surface area contributed by atoms with Crippen LogP contribution in [0, 0.1) is 0 Å². The van der Waals surface area contributed by atoms with E-state index in [0.717, 1.165) is 11.3 Å². The molecule has 0 bridgehead atoms. The van der Waals surface area contributed by atoms with Crippen LogP contribution in [0.3, 0.4) is 0 Å². The molecule has 0 heterocycles. The molecule has 19 heavy (non-hydrogen) atoms. The maximum atomic E-state index is 6.11. The van der Waals surface area contributed by atoms with E-state index in [-0.39, 0.29) is 0 Å². The Hall–Kier alpha value is -1.93. The van der Waals surface area contributed by atoms with Crippen molar-refractivity contribution in [2.24, 2.45) is 0 Å². The first-order valence-corrected chi connectivity index (χ1v) is 6.37. The molecule has 0 saturated heterocycles. The summed E-state index contributed by atoms with van der Waals surface area (Å²) in [7, 11) is 0. The second-order valence-electron chi connectivity index (χ2n) is 3.97. The van der Waals surface area contributed by atoms with Gasteiger partial charge < -0.3 is 9.47 Å². The van der Waals surface area contributed by atoms with Gasteiger partial charge in [0.15, 0.2) is 0 Å². The zero-order valence-corrected chi connectivity index (χ0v) is 11.3. The molecule has 0 fully saturated rings. The quantitative estimate of drug-likeness (QED) is 0.723. The van der Waals surface area contributed by atoms with Gasteiger partial charge in [-0.15, -0.1) is 0 Å². The highest BCUT2D eigenvalue weighted by Crippen LogP contribution is 2.29. The zero-order valence-electron chi connectivity index (χ0n) is 10.5. The van der Waals surface area contributed by atoms with Crippen molar-refractivity contribution in [1.82, 2.24) is 0 Å². The molecular formula is C16H15ClO2. The van der Waals surface area contributed by atoms with Crippen LogP contribution in [0.5, 0.6) is 11.5 Å². The number of rotatable bonds is 6. The van der Waals surface area contributed by atoms with E-state index >= 15 is 0 Å². The predicted octanol–water partition coefficient (Wildman–Crippen LogP) is 4.48. The molecule has 0 aromatic heterocycles. The van der Waals surface area contributed by atoms with Crippen molar-refractivity contribution < 1.29 is 9.47 Å². The first kappa shape index (κ1) is 13.5. The first-order valence-electron chi connectivity index (χ1n) is 5.99.